The smallest absolute Gasteiger partial charge is 0.0671 e. The third-order valence-corrected chi connectivity index (χ3v) is 12.2. The third-order valence-electron chi connectivity index (χ3n) is 12.2. The molecule has 0 amide bonds. The van der Waals surface area contributed by atoms with E-state index < -0.39 is 0 Å². The van der Waals surface area contributed by atoms with Gasteiger partial charge in [0.15, 0.2) is 0 Å². The molecule has 0 bridgehead atoms. The highest BCUT2D eigenvalue weighted by Crippen LogP contribution is 2.52. The Morgan fingerprint density at radius 2 is 1.10 bits per heavy atom. The van der Waals surface area contributed by atoms with E-state index in [-0.39, 0.29) is 5.41 Å². The van der Waals surface area contributed by atoms with E-state index >= 15 is 0 Å². The highest BCUT2D eigenvalue weighted by Gasteiger charge is 2.36. The Morgan fingerprint density at radius 1 is 0.492 bits per heavy atom. The van der Waals surface area contributed by atoms with Gasteiger partial charge in [-0.25, -0.2) is 0 Å². The number of hydrogen-bond donors (Lipinski definition) is 1. The van der Waals surface area contributed by atoms with E-state index in [2.05, 4.69) is 202 Å². The number of benzene rings is 9. The Balaban J connectivity index is 0.998. The summed E-state index contributed by atoms with van der Waals surface area (Å²) < 4.78 is 0. The van der Waals surface area contributed by atoms with Crippen LogP contribution in [0.2, 0.25) is 0 Å². The summed E-state index contributed by atoms with van der Waals surface area (Å²) in [6.07, 6.45) is 2.04. The lowest BCUT2D eigenvalue weighted by Gasteiger charge is -2.21. The zero-order chi connectivity index (χ0) is 39.9. The van der Waals surface area contributed by atoms with Gasteiger partial charge in [0.05, 0.1) is 12.3 Å². The SMILES string of the molecule is CC1(C)c2ccc(-c3ccc(-c4ccc(/C(N)=C/C(=NCc5ccccc5)c5cccc(-c6ccccc6)c5)c5ccccc45)cc3)cc2-c2c1ccc1ccccc21. The van der Waals surface area contributed by atoms with E-state index in [1.165, 1.54) is 60.8 Å². The maximum Gasteiger partial charge on any atom is 0.0671 e. The number of allylic oxidation sites excluding steroid dienone is 1. The highest BCUT2D eigenvalue weighted by molar-refractivity contribution is 6.14. The van der Waals surface area contributed by atoms with Gasteiger partial charge in [-0.05, 0) is 101 Å². The molecular weight excluding hydrogens is 713 g/mol. The fourth-order valence-corrected chi connectivity index (χ4v) is 9.04. The number of aliphatic imine (C=N–C) groups is 1. The van der Waals surface area contributed by atoms with Gasteiger partial charge < -0.3 is 5.73 Å². The normalized spacial score (nSPS) is 13.4. The second kappa shape index (κ2) is 14.9. The minimum Gasteiger partial charge on any atom is -0.398 e. The Hall–Kier alpha value is -7.29. The standard InChI is InChI=1S/C57H44N2/c1-57(2)52-32-29-44(35-51(52)56-47-21-10-9-18-41(47)28-33-53(56)57)40-24-26-42(27-25-40)46-30-31-50(49-23-12-11-22-48(46)49)54(58)36-55(59-37-38-14-5-3-6-15-38)45-20-13-19-43(34-45)39-16-7-4-8-17-39/h3-36H,37,58H2,1-2H3/b54-36-,59-55?. The molecule has 10 rings (SSSR count). The first-order chi connectivity index (χ1) is 28.9. The van der Waals surface area contributed by atoms with Gasteiger partial charge >= 0.3 is 0 Å². The Bertz CT molecular complexity index is 3080. The molecule has 2 N–H and O–H groups in total. The van der Waals surface area contributed by atoms with Crippen molar-refractivity contribution in [3.63, 3.8) is 0 Å². The number of rotatable bonds is 8. The third kappa shape index (κ3) is 6.63. The van der Waals surface area contributed by atoms with Crippen molar-refractivity contribution < 1.29 is 0 Å². The molecule has 0 heterocycles. The lowest BCUT2D eigenvalue weighted by Crippen LogP contribution is -2.14. The zero-order valence-corrected chi connectivity index (χ0v) is 33.4. The molecule has 9 aromatic rings. The van der Waals surface area contributed by atoms with Crippen LogP contribution in [0.5, 0.6) is 0 Å². The molecule has 0 saturated carbocycles. The molecule has 1 aliphatic carbocycles. The predicted octanol–water partition coefficient (Wildman–Crippen LogP) is 14.3. The van der Waals surface area contributed by atoms with Gasteiger partial charge in [0.2, 0.25) is 0 Å². The van der Waals surface area contributed by atoms with Crippen molar-refractivity contribution in [3.8, 4) is 44.5 Å². The van der Waals surface area contributed by atoms with Gasteiger partial charge in [-0.15, -0.1) is 0 Å². The minimum absolute atomic E-state index is 0.0487. The van der Waals surface area contributed by atoms with E-state index in [1.807, 2.05) is 18.2 Å². The lowest BCUT2D eigenvalue weighted by atomic mass is 9.82. The first-order valence-corrected chi connectivity index (χ1v) is 20.4. The molecule has 0 spiro atoms. The molecule has 1 aliphatic rings. The van der Waals surface area contributed by atoms with Gasteiger partial charge in [0.1, 0.15) is 0 Å². The second-order valence-electron chi connectivity index (χ2n) is 16.1. The first-order valence-electron chi connectivity index (χ1n) is 20.4. The summed E-state index contributed by atoms with van der Waals surface area (Å²) in [5.41, 5.74) is 24.3. The highest BCUT2D eigenvalue weighted by atomic mass is 14.7. The largest absolute Gasteiger partial charge is 0.398 e. The Kier molecular flexibility index (Phi) is 9.11. The van der Waals surface area contributed by atoms with Crippen LogP contribution in [0.1, 0.15) is 41.7 Å². The molecule has 0 saturated heterocycles. The fraction of sp³-hybridized carbons (Fsp3) is 0.0702. The summed E-state index contributed by atoms with van der Waals surface area (Å²) in [6.45, 7) is 5.26. The van der Waals surface area contributed by atoms with E-state index in [1.54, 1.807) is 0 Å². The van der Waals surface area contributed by atoms with Gasteiger partial charge in [-0.1, -0.05) is 202 Å². The van der Waals surface area contributed by atoms with Crippen LogP contribution in [0.15, 0.2) is 211 Å². The molecule has 59 heavy (non-hydrogen) atoms. The number of nitrogens with zero attached hydrogens (tertiary/aromatic N) is 1. The van der Waals surface area contributed by atoms with E-state index in [4.69, 9.17) is 10.7 Å². The van der Waals surface area contributed by atoms with Gasteiger partial charge in [0.25, 0.3) is 0 Å². The van der Waals surface area contributed by atoms with Gasteiger partial charge in [-0.2, -0.15) is 0 Å². The summed E-state index contributed by atoms with van der Waals surface area (Å²) in [5, 5.41) is 4.87. The average Bonchev–Trinajstić information content (AvgIpc) is 3.53. The molecule has 2 nitrogen and oxygen atoms in total. The molecule has 2 heteroatoms. The fourth-order valence-electron chi connectivity index (χ4n) is 9.04. The predicted molar refractivity (Wildman–Crippen MR) is 251 cm³/mol. The quantitative estimate of drug-likeness (QED) is 0.154. The van der Waals surface area contributed by atoms with Crippen LogP contribution < -0.4 is 5.73 Å². The summed E-state index contributed by atoms with van der Waals surface area (Å²) >= 11 is 0. The van der Waals surface area contributed by atoms with E-state index in [9.17, 15) is 0 Å². The molecule has 0 radical (unpaired) electrons. The van der Waals surface area contributed by atoms with Crippen molar-refractivity contribution in [1.82, 2.24) is 0 Å². The number of hydrogen-bond acceptors (Lipinski definition) is 2. The van der Waals surface area contributed by atoms with Crippen molar-refractivity contribution >= 4 is 33.0 Å². The number of nitrogens with two attached hydrogens (primary N) is 1. The molecule has 0 atom stereocenters. The maximum atomic E-state index is 7.09. The Morgan fingerprint density at radius 3 is 1.90 bits per heavy atom. The van der Waals surface area contributed by atoms with Crippen LogP contribution in [0.25, 0.3) is 71.7 Å². The molecule has 0 aliphatic heterocycles. The summed E-state index contributed by atoms with van der Waals surface area (Å²) in [5.74, 6) is 0. The van der Waals surface area contributed by atoms with Crippen molar-refractivity contribution in [2.24, 2.45) is 10.7 Å². The topological polar surface area (TPSA) is 38.4 Å². The summed E-state index contributed by atoms with van der Waals surface area (Å²) in [6, 6.07) is 71.8. The van der Waals surface area contributed by atoms with Gasteiger partial charge in [0, 0.05) is 22.2 Å². The molecule has 9 aromatic carbocycles. The Labute approximate surface area is 346 Å². The van der Waals surface area contributed by atoms with Crippen molar-refractivity contribution in [2.45, 2.75) is 25.8 Å². The van der Waals surface area contributed by atoms with Crippen LogP contribution in [-0.4, -0.2) is 5.71 Å². The summed E-state index contributed by atoms with van der Waals surface area (Å²) in [7, 11) is 0. The van der Waals surface area contributed by atoms with E-state index in [0.717, 1.165) is 38.7 Å². The van der Waals surface area contributed by atoms with Crippen molar-refractivity contribution in [1.29, 1.82) is 0 Å². The first kappa shape index (κ1) is 36.1. The van der Waals surface area contributed by atoms with Crippen molar-refractivity contribution in [2.75, 3.05) is 0 Å². The molecule has 0 aromatic heterocycles. The summed E-state index contributed by atoms with van der Waals surface area (Å²) in [4.78, 5) is 5.15. The monoisotopic (exact) mass is 756 g/mol. The van der Waals surface area contributed by atoms with E-state index in [0.29, 0.717) is 12.2 Å². The van der Waals surface area contributed by atoms with Gasteiger partial charge in [-0.3, -0.25) is 4.99 Å². The van der Waals surface area contributed by atoms with Crippen LogP contribution in [-0.2, 0) is 12.0 Å². The molecular formula is C57H44N2. The van der Waals surface area contributed by atoms with Crippen LogP contribution in [0.3, 0.4) is 0 Å². The molecule has 282 valence electrons. The minimum atomic E-state index is -0.0487. The van der Waals surface area contributed by atoms with Crippen LogP contribution >= 0.6 is 0 Å². The van der Waals surface area contributed by atoms with Crippen LogP contribution in [0, 0.1) is 0 Å². The lowest BCUT2D eigenvalue weighted by molar-refractivity contribution is 0.661. The molecule has 0 fully saturated rings. The molecule has 0 unspecified atom stereocenters. The maximum absolute atomic E-state index is 7.09. The number of fused-ring (bicyclic) bond motifs is 6. The van der Waals surface area contributed by atoms with Crippen LogP contribution in [0.4, 0.5) is 0 Å². The zero-order valence-electron chi connectivity index (χ0n) is 33.4. The van der Waals surface area contributed by atoms with Crippen molar-refractivity contribution in [3.05, 3.63) is 234 Å². The second-order valence-corrected chi connectivity index (χ2v) is 16.1. The average molecular weight is 757 g/mol.